The van der Waals surface area contributed by atoms with Crippen molar-refractivity contribution in [1.82, 2.24) is 15.2 Å². The molecule has 0 aliphatic heterocycles. The molecule has 0 spiro atoms. The Morgan fingerprint density at radius 3 is 2.37 bits per heavy atom. The van der Waals surface area contributed by atoms with E-state index in [9.17, 15) is 9.90 Å². The third kappa shape index (κ3) is 4.64. The van der Waals surface area contributed by atoms with E-state index in [1.54, 1.807) is 42.7 Å². The zero-order valence-electron chi connectivity index (χ0n) is 14.4. The molecule has 0 bridgehead atoms. The molecule has 1 N–H and O–H groups in total. The predicted octanol–water partition coefficient (Wildman–Crippen LogP) is 3.37. The third-order valence-corrected chi connectivity index (χ3v) is 4.27. The molecule has 8 nitrogen and oxygen atoms in total. The van der Waals surface area contributed by atoms with Crippen LogP contribution in [-0.4, -0.2) is 40.5 Å². The highest BCUT2D eigenvalue weighted by Crippen LogP contribution is 2.33. The smallest absolute Gasteiger partial charge is 0.342 e. The molecular formula is C18H15N3O5S. The fourth-order valence-electron chi connectivity index (χ4n) is 2.14. The van der Waals surface area contributed by atoms with Crippen molar-refractivity contribution in [2.45, 2.75) is 5.22 Å². The number of benzene rings is 1. The molecule has 138 valence electrons. The third-order valence-electron chi connectivity index (χ3n) is 3.42. The van der Waals surface area contributed by atoms with Crippen LogP contribution in [0, 0.1) is 0 Å². The van der Waals surface area contributed by atoms with Crippen molar-refractivity contribution in [2.75, 3.05) is 14.2 Å². The predicted molar refractivity (Wildman–Crippen MR) is 98.5 cm³/mol. The lowest BCUT2D eigenvalue weighted by Crippen LogP contribution is -1.96. The van der Waals surface area contributed by atoms with E-state index in [1.165, 1.54) is 20.3 Å². The van der Waals surface area contributed by atoms with Crippen LogP contribution in [0.3, 0.4) is 0 Å². The molecule has 1 aromatic carbocycles. The molecule has 0 fully saturated rings. The number of hydrogen-bond acceptors (Lipinski definition) is 8. The Bertz CT molecular complexity index is 950. The van der Waals surface area contributed by atoms with Crippen molar-refractivity contribution in [2.24, 2.45) is 0 Å². The van der Waals surface area contributed by atoms with Crippen LogP contribution in [0.15, 0.2) is 57.3 Å². The number of rotatable bonds is 7. The number of nitrogens with zero attached hydrogens (tertiary/aromatic N) is 3. The zero-order chi connectivity index (χ0) is 19.2. The number of thioether (sulfide) groups is 1. The Morgan fingerprint density at radius 2 is 1.78 bits per heavy atom. The average molecular weight is 385 g/mol. The fourth-order valence-corrected chi connectivity index (χ4v) is 2.81. The summed E-state index contributed by atoms with van der Waals surface area (Å²) in [5, 5.41) is 17.4. The van der Waals surface area contributed by atoms with E-state index >= 15 is 0 Å². The maximum absolute atomic E-state index is 11.5. The van der Waals surface area contributed by atoms with E-state index in [0.29, 0.717) is 22.6 Å². The Morgan fingerprint density at radius 1 is 1.11 bits per heavy atom. The summed E-state index contributed by atoms with van der Waals surface area (Å²) in [4.78, 5) is 15.5. The summed E-state index contributed by atoms with van der Waals surface area (Å²) in [6.45, 7) is 0. The van der Waals surface area contributed by atoms with E-state index in [0.717, 1.165) is 11.8 Å². The topological polar surface area (TPSA) is 108 Å². The number of carboxylic acids is 1. The number of methoxy groups -OCH3 is 2. The van der Waals surface area contributed by atoms with Gasteiger partial charge in [0, 0.05) is 24.0 Å². The number of carboxylic acid groups (broad SMARTS) is 1. The van der Waals surface area contributed by atoms with Crippen LogP contribution in [-0.2, 0) is 4.79 Å². The lowest BCUT2D eigenvalue weighted by atomic mass is 10.2. The van der Waals surface area contributed by atoms with Crippen LogP contribution in [0.5, 0.6) is 11.5 Å². The fraction of sp³-hybridized carbons (Fsp3) is 0.111. The van der Waals surface area contributed by atoms with Crippen LogP contribution >= 0.6 is 11.8 Å². The van der Waals surface area contributed by atoms with Crippen molar-refractivity contribution in [1.29, 1.82) is 0 Å². The second-order valence-corrected chi connectivity index (χ2v) is 6.16. The van der Waals surface area contributed by atoms with E-state index in [4.69, 9.17) is 13.9 Å². The van der Waals surface area contributed by atoms with Gasteiger partial charge in [0.25, 0.3) is 5.22 Å². The van der Waals surface area contributed by atoms with Crippen molar-refractivity contribution in [3.05, 3.63) is 53.2 Å². The first-order valence-corrected chi connectivity index (χ1v) is 8.50. The van der Waals surface area contributed by atoms with Gasteiger partial charge in [0.2, 0.25) is 5.89 Å². The van der Waals surface area contributed by atoms with E-state index in [2.05, 4.69) is 15.2 Å². The Balaban J connectivity index is 1.87. The summed E-state index contributed by atoms with van der Waals surface area (Å²) in [6, 6.07) is 8.55. The maximum atomic E-state index is 11.5. The van der Waals surface area contributed by atoms with Gasteiger partial charge in [-0.3, -0.25) is 4.98 Å². The van der Waals surface area contributed by atoms with Crippen LogP contribution in [0.1, 0.15) is 5.56 Å². The summed E-state index contributed by atoms with van der Waals surface area (Å²) in [5.41, 5.74) is 1.30. The molecule has 3 rings (SSSR count). The number of ether oxygens (including phenoxy) is 2. The molecule has 0 atom stereocenters. The van der Waals surface area contributed by atoms with Gasteiger partial charge >= 0.3 is 5.97 Å². The molecule has 3 aromatic rings. The van der Waals surface area contributed by atoms with Crippen molar-refractivity contribution < 1.29 is 23.8 Å². The number of aromatic nitrogens is 3. The average Bonchev–Trinajstić information content (AvgIpc) is 3.16. The van der Waals surface area contributed by atoms with Gasteiger partial charge in [0.1, 0.15) is 16.4 Å². The van der Waals surface area contributed by atoms with Gasteiger partial charge in [-0.25, -0.2) is 4.79 Å². The second-order valence-electron chi connectivity index (χ2n) is 5.17. The van der Waals surface area contributed by atoms with Gasteiger partial charge in [-0.1, -0.05) is 0 Å². The molecular weight excluding hydrogens is 370 g/mol. The second kappa shape index (κ2) is 8.37. The quantitative estimate of drug-likeness (QED) is 0.484. The molecule has 0 aliphatic carbocycles. The Kier molecular flexibility index (Phi) is 5.72. The first-order valence-electron chi connectivity index (χ1n) is 7.69. The first-order chi connectivity index (χ1) is 13.1. The highest BCUT2D eigenvalue weighted by atomic mass is 32.2. The zero-order valence-corrected chi connectivity index (χ0v) is 15.3. The Labute approximate surface area is 158 Å². The normalized spacial score (nSPS) is 11.3. The van der Waals surface area contributed by atoms with Gasteiger partial charge < -0.3 is 19.0 Å². The summed E-state index contributed by atoms with van der Waals surface area (Å²) < 4.78 is 16.0. The van der Waals surface area contributed by atoms with Crippen LogP contribution in [0.25, 0.3) is 17.5 Å². The van der Waals surface area contributed by atoms with E-state index in [-0.39, 0.29) is 16.0 Å². The monoisotopic (exact) mass is 385 g/mol. The van der Waals surface area contributed by atoms with Crippen LogP contribution in [0.4, 0.5) is 0 Å². The van der Waals surface area contributed by atoms with Crippen molar-refractivity contribution >= 4 is 23.8 Å². The highest BCUT2D eigenvalue weighted by Gasteiger charge is 2.17. The summed E-state index contributed by atoms with van der Waals surface area (Å²) in [7, 11) is 3.08. The van der Waals surface area contributed by atoms with E-state index in [1.807, 2.05) is 0 Å². The minimum absolute atomic E-state index is 0.0413. The van der Waals surface area contributed by atoms with Gasteiger partial charge in [0.15, 0.2) is 0 Å². The van der Waals surface area contributed by atoms with E-state index < -0.39 is 5.97 Å². The number of carbonyl (C=O) groups is 1. The summed E-state index contributed by atoms with van der Waals surface area (Å²) in [5.74, 6) is 0.268. The number of pyridine rings is 1. The molecule has 0 unspecified atom stereocenters. The molecule has 0 amide bonds. The molecule has 27 heavy (non-hydrogen) atoms. The SMILES string of the molecule is COc1cc(OC)cc(-c2nnc(S/C(=C/c3ccncc3)C(=O)O)o2)c1. The highest BCUT2D eigenvalue weighted by molar-refractivity contribution is 8.03. The van der Waals surface area contributed by atoms with Gasteiger partial charge in [-0.15, -0.1) is 10.2 Å². The molecule has 2 heterocycles. The van der Waals surface area contributed by atoms with Gasteiger partial charge in [-0.05, 0) is 47.7 Å². The van der Waals surface area contributed by atoms with Crippen molar-refractivity contribution in [3.63, 3.8) is 0 Å². The Hall–Kier alpha value is -3.33. The van der Waals surface area contributed by atoms with Gasteiger partial charge in [0.05, 0.1) is 14.2 Å². The molecule has 2 aromatic heterocycles. The lowest BCUT2D eigenvalue weighted by molar-refractivity contribution is -0.131. The van der Waals surface area contributed by atoms with Gasteiger partial charge in [-0.2, -0.15) is 0 Å². The molecule has 9 heteroatoms. The minimum Gasteiger partial charge on any atom is -0.497 e. The van der Waals surface area contributed by atoms with Crippen LogP contribution in [0.2, 0.25) is 0 Å². The number of aliphatic carboxylic acids is 1. The number of hydrogen-bond donors (Lipinski definition) is 1. The molecule has 0 radical (unpaired) electrons. The minimum atomic E-state index is -1.10. The standard InChI is InChI=1S/C18H15N3O5S/c1-24-13-8-12(9-14(10-13)25-2)16-20-21-18(26-16)27-15(17(22)23)7-11-3-5-19-6-4-11/h3-10H,1-2H3,(H,22,23)/b15-7+. The molecule has 0 saturated heterocycles. The van der Waals surface area contributed by atoms with Crippen molar-refractivity contribution in [3.8, 4) is 23.0 Å². The summed E-state index contributed by atoms with van der Waals surface area (Å²) in [6.07, 6.45) is 4.67. The first kappa shape index (κ1) is 18.5. The largest absolute Gasteiger partial charge is 0.497 e. The van der Waals surface area contributed by atoms with Crippen LogP contribution < -0.4 is 9.47 Å². The molecule has 0 aliphatic rings. The summed E-state index contributed by atoms with van der Waals surface area (Å²) >= 11 is 0.865. The molecule has 0 saturated carbocycles. The lowest BCUT2D eigenvalue weighted by Gasteiger charge is -2.05. The maximum Gasteiger partial charge on any atom is 0.342 e.